The number of benzene rings is 2. The number of H-pyrrole nitrogens is 1. The minimum Gasteiger partial charge on any atom is -0.490 e. The normalized spacial score (nSPS) is 28.6. The van der Waals surface area contributed by atoms with Crippen LogP contribution in [0.15, 0.2) is 52.3 Å². The average molecular weight is 691 g/mol. The Bertz CT molecular complexity index is 1870. The maximum Gasteiger partial charge on any atom is 0.305 e. The molecule has 1 N–H and O–H groups in total. The molecule has 2 saturated heterocycles. The number of aromatic nitrogens is 1. The van der Waals surface area contributed by atoms with E-state index < -0.39 is 16.8 Å². The number of carbonyl (C=O) groups excluding carboxylic acids is 3. The molecule has 0 radical (unpaired) electrons. The summed E-state index contributed by atoms with van der Waals surface area (Å²) >= 11 is 2.79. The number of nitro benzene ring substituents is 1. The summed E-state index contributed by atoms with van der Waals surface area (Å²) in [7, 11) is 0. The van der Waals surface area contributed by atoms with Crippen molar-refractivity contribution in [2.24, 2.45) is 29.6 Å². The van der Waals surface area contributed by atoms with Crippen molar-refractivity contribution in [2.75, 3.05) is 31.2 Å². The first-order chi connectivity index (χ1) is 23.2. The Morgan fingerprint density at radius 3 is 2.42 bits per heavy atom. The van der Waals surface area contributed by atoms with E-state index >= 15 is 0 Å². The lowest BCUT2D eigenvalue weighted by Crippen LogP contribution is -2.42. The number of hydrogen-bond acceptors (Lipinski definition) is 10. The smallest absolute Gasteiger partial charge is 0.305 e. The molecule has 2 bridgehead atoms. The highest BCUT2D eigenvalue weighted by Gasteiger charge is 2.69. The highest BCUT2D eigenvalue weighted by atomic mass is 32.2. The van der Waals surface area contributed by atoms with E-state index in [4.69, 9.17) is 9.47 Å². The van der Waals surface area contributed by atoms with Gasteiger partial charge in [0, 0.05) is 41.3 Å². The van der Waals surface area contributed by atoms with Gasteiger partial charge in [0.2, 0.25) is 11.8 Å². The van der Waals surface area contributed by atoms with Gasteiger partial charge in [0.05, 0.1) is 34.1 Å². The zero-order valence-corrected chi connectivity index (χ0v) is 27.8. The third-order valence-electron chi connectivity index (χ3n) is 10.7. The van der Waals surface area contributed by atoms with Gasteiger partial charge in [-0.15, -0.1) is 11.8 Å². The van der Waals surface area contributed by atoms with Gasteiger partial charge in [-0.2, -0.15) is 0 Å². The average Bonchev–Trinajstić information content (AvgIpc) is 3.83. The fraction of sp³-hybridized carbons (Fsp3) is 0.471. The number of anilines is 1. The fourth-order valence-corrected chi connectivity index (χ4v) is 11.7. The Labute approximate surface area is 283 Å². The number of non-ortho nitro benzene ring substituents is 1. The lowest BCUT2D eigenvalue weighted by atomic mass is 9.68. The van der Waals surface area contributed by atoms with Gasteiger partial charge in [0.15, 0.2) is 18.1 Å². The Balaban J connectivity index is 1.11. The van der Waals surface area contributed by atoms with E-state index in [0.29, 0.717) is 23.8 Å². The molecule has 250 valence electrons. The first-order valence-corrected chi connectivity index (χ1v) is 18.1. The van der Waals surface area contributed by atoms with Crippen molar-refractivity contribution in [2.45, 2.75) is 48.8 Å². The molecule has 5 aliphatic rings. The fourth-order valence-electron chi connectivity index (χ4n) is 8.85. The number of imide groups is 1. The number of piperidine rings is 1. The van der Waals surface area contributed by atoms with Crippen LogP contribution in [0.2, 0.25) is 0 Å². The number of aromatic amines is 1. The molecule has 0 spiro atoms. The number of thiazole rings is 1. The Morgan fingerprint density at radius 2 is 1.71 bits per heavy atom. The number of ether oxygens (including phenoxy) is 2. The second kappa shape index (κ2) is 12.1. The van der Waals surface area contributed by atoms with E-state index in [0.717, 1.165) is 54.2 Å². The van der Waals surface area contributed by atoms with Crippen LogP contribution >= 0.6 is 23.1 Å². The van der Waals surface area contributed by atoms with Gasteiger partial charge >= 0.3 is 4.87 Å². The van der Waals surface area contributed by atoms with E-state index in [2.05, 4.69) is 4.98 Å². The lowest BCUT2D eigenvalue weighted by Gasteiger charge is -2.43. The minimum atomic E-state index is -0.512. The van der Waals surface area contributed by atoms with Crippen molar-refractivity contribution >= 4 is 52.2 Å². The molecule has 14 heteroatoms. The molecule has 2 saturated carbocycles. The minimum absolute atomic E-state index is 0.00111. The van der Waals surface area contributed by atoms with Crippen molar-refractivity contribution in [1.82, 2.24) is 9.88 Å². The highest BCUT2D eigenvalue weighted by molar-refractivity contribution is 8.00. The molecule has 3 aliphatic heterocycles. The van der Waals surface area contributed by atoms with Crippen LogP contribution in [0.25, 0.3) is 0 Å². The Hall–Kier alpha value is -4.17. The summed E-state index contributed by atoms with van der Waals surface area (Å²) in [5.74, 6) is -0.975. The first-order valence-electron chi connectivity index (χ1n) is 16.4. The lowest BCUT2D eigenvalue weighted by molar-refractivity contribution is -0.384. The predicted octanol–water partition coefficient (Wildman–Crippen LogP) is 4.81. The standard InChI is InChI=1S/C34H34N4O8S2/c1-2-45-23-14-17(6-11-22(23)46-16-24(39)36-12-4-3-5-13-36)25-26-20-15-21(29(26)47-31-30(25)48-34(42)35-31)28-27(20)32(40)37(33(28)41)18-7-9-19(10-8-18)38(43)44/h6-11,14,20-21,25-29H,2-5,12-13,15-16H2,1H3,(H,35,42)/t20-,21-,25-,26?,27?,28?,29?/m1/s1. The van der Waals surface area contributed by atoms with E-state index in [9.17, 15) is 29.3 Å². The zero-order valence-electron chi connectivity index (χ0n) is 26.2. The SMILES string of the molecule is CCOc1cc([C@H]2c3sc(=O)[nH]c3SC3C2[C@H]2C[C@@H]3C3C(=O)N(c4ccc([N+](=O)[O-])cc4)C(=O)C32)ccc1OCC(=O)N1CCCCC1. The molecule has 12 nitrogen and oxygen atoms in total. The topological polar surface area (TPSA) is 152 Å². The summed E-state index contributed by atoms with van der Waals surface area (Å²) in [4.78, 5) is 71.0. The summed E-state index contributed by atoms with van der Waals surface area (Å²) in [6.07, 6.45) is 3.86. The van der Waals surface area contributed by atoms with Crippen LogP contribution in [-0.2, 0) is 14.4 Å². The predicted molar refractivity (Wildman–Crippen MR) is 178 cm³/mol. The summed E-state index contributed by atoms with van der Waals surface area (Å²) in [5.41, 5.74) is 1.16. The van der Waals surface area contributed by atoms with Gasteiger partial charge in [-0.3, -0.25) is 34.2 Å². The quantitative estimate of drug-likeness (QED) is 0.199. The molecule has 48 heavy (non-hydrogen) atoms. The highest BCUT2D eigenvalue weighted by Crippen LogP contribution is 2.68. The molecule has 3 aromatic rings. The van der Waals surface area contributed by atoms with E-state index in [1.807, 2.05) is 30.0 Å². The molecular weight excluding hydrogens is 657 g/mol. The second-order valence-corrected chi connectivity index (χ2v) is 15.3. The molecule has 1 aromatic heterocycles. The van der Waals surface area contributed by atoms with Crippen molar-refractivity contribution in [3.8, 4) is 11.5 Å². The maximum atomic E-state index is 14.0. The number of thioether (sulfide) groups is 1. The van der Waals surface area contributed by atoms with Crippen molar-refractivity contribution in [3.05, 3.63) is 72.7 Å². The number of fused-ring (bicyclic) bond motifs is 9. The number of nitrogens with one attached hydrogen (secondary N) is 1. The van der Waals surface area contributed by atoms with Crippen LogP contribution in [0.5, 0.6) is 11.5 Å². The molecule has 2 aliphatic carbocycles. The molecule has 4 unspecified atom stereocenters. The largest absolute Gasteiger partial charge is 0.490 e. The Morgan fingerprint density at radius 1 is 0.979 bits per heavy atom. The second-order valence-electron chi connectivity index (χ2n) is 13.1. The number of nitrogens with zero attached hydrogens (tertiary/aromatic N) is 3. The summed E-state index contributed by atoms with van der Waals surface area (Å²) < 4.78 is 12.0. The van der Waals surface area contributed by atoms with E-state index in [1.165, 1.54) is 40.5 Å². The molecule has 8 rings (SSSR count). The maximum absolute atomic E-state index is 14.0. The van der Waals surface area contributed by atoms with E-state index in [1.54, 1.807) is 11.8 Å². The van der Waals surface area contributed by atoms with Crippen molar-refractivity contribution < 1.29 is 28.8 Å². The van der Waals surface area contributed by atoms with Gasteiger partial charge in [0.25, 0.3) is 11.6 Å². The van der Waals surface area contributed by atoms with Crippen LogP contribution in [-0.4, -0.2) is 64.1 Å². The van der Waals surface area contributed by atoms with Gasteiger partial charge in [-0.05, 0) is 80.2 Å². The summed E-state index contributed by atoms with van der Waals surface area (Å²) in [6.45, 7) is 3.68. The summed E-state index contributed by atoms with van der Waals surface area (Å²) in [6, 6.07) is 11.3. The van der Waals surface area contributed by atoms with E-state index in [-0.39, 0.29) is 63.8 Å². The van der Waals surface area contributed by atoms with Crippen molar-refractivity contribution in [1.29, 1.82) is 0 Å². The first kappa shape index (κ1) is 31.1. The molecule has 7 atom stereocenters. The molecule has 2 aromatic carbocycles. The number of rotatable bonds is 8. The van der Waals surface area contributed by atoms with Crippen LogP contribution in [0.4, 0.5) is 11.4 Å². The van der Waals surface area contributed by atoms with Crippen LogP contribution in [0.3, 0.4) is 0 Å². The Kier molecular flexibility index (Phi) is 7.82. The van der Waals surface area contributed by atoms with Gasteiger partial charge < -0.3 is 19.4 Å². The molecule has 3 amide bonds. The van der Waals surface area contributed by atoms with Crippen LogP contribution in [0, 0.1) is 39.7 Å². The van der Waals surface area contributed by atoms with Crippen LogP contribution in [0.1, 0.15) is 49.0 Å². The number of carbonyl (C=O) groups is 3. The van der Waals surface area contributed by atoms with Crippen LogP contribution < -0.4 is 19.2 Å². The molecular formula is C34H34N4O8S2. The third-order valence-corrected chi connectivity index (χ3v) is 13.3. The third kappa shape index (κ3) is 4.94. The monoisotopic (exact) mass is 690 g/mol. The zero-order chi connectivity index (χ0) is 33.3. The summed E-state index contributed by atoms with van der Waals surface area (Å²) in [5, 5.41) is 12.0. The van der Waals surface area contributed by atoms with Gasteiger partial charge in [-0.25, -0.2) is 0 Å². The molecule has 4 fully saturated rings. The number of amides is 3. The molecule has 4 heterocycles. The van der Waals surface area contributed by atoms with Crippen molar-refractivity contribution in [3.63, 3.8) is 0 Å². The number of hydrogen-bond donors (Lipinski definition) is 1. The van der Waals surface area contributed by atoms with Gasteiger partial charge in [0.1, 0.15) is 0 Å². The number of likely N-dealkylation sites (tertiary alicyclic amines) is 1. The van der Waals surface area contributed by atoms with Gasteiger partial charge in [-0.1, -0.05) is 17.4 Å². The number of nitro groups is 1.